The molecule has 5 heteroatoms. The number of hydrogen-bond donors (Lipinski definition) is 0. The van der Waals surface area contributed by atoms with Gasteiger partial charge in [-0.05, 0) is 95.1 Å². The van der Waals surface area contributed by atoms with Crippen molar-refractivity contribution in [3.05, 3.63) is 233 Å². The minimum Gasteiger partial charge on any atom is -0.483 e. The first-order valence-corrected chi connectivity index (χ1v) is 25.0. The van der Waals surface area contributed by atoms with Crippen LogP contribution in [-0.4, -0.2) is 23.4 Å². The Morgan fingerprint density at radius 3 is 2.43 bits per heavy atom. The quantitative estimate of drug-likeness (QED) is 0.166. The molecule has 3 nitrogen and oxygen atoms in total. The predicted molar refractivity (Wildman–Crippen MR) is 274 cm³/mol. The topological polar surface area (TPSA) is 15.7 Å². The van der Waals surface area contributed by atoms with E-state index < -0.39 is 0 Å². The molecule has 5 aromatic carbocycles. The summed E-state index contributed by atoms with van der Waals surface area (Å²) in [6.45, 7) is 0. The number of benzene rings is 5. The van der Waals surface area contributed by atoms with Gasteiger partial charge in [0.1, 0.15) is 11.9 Å². The van der Waals surface area contributed by atoms with Gasteiger partial charge in [0.05, 0.1) is 17.8 Å². The molecule has 65 heavy (non-hydrogen) atoms. The largest absolute Gasteiger partial charge is 0.483 e. The Labute approximate surface area is 389 Å². The number of ether oxygens (including phenoxy) is 1. The summed E-state index contributed by atoms with van der Waals surface area (Å²) in [5.74, 6) is 1.71. The fourth-order valence-electron chi connectivity index (χ4n) is 12.0. The number of hydrogen-bond acceptors (Lipinski definition) is 5. The maximum absolute atomic E-state index is 7.46. The second-order valence-corrected chi connectivity index (χ2v) is 20.7. The Balaban J connectivity index is 0.832. The molecule has 7 atom stereocenters. The molecular formula is C60H46N2OS2. The monoisotopic (exact) mass is 874 g/mol. The summed E-state index contributed by atoms with van der Waals surface area (Å²) in [5.41, 5.74) is 15.7. The average molecular weight is 875 g/mol. The molecule has 8 aliphatic rings. The lowest BCUT2D eigenvalue weighted by Gasteiger charge is -2.39. The Hall–Kier alpha value is -6.53. The first-order valence-electron chi connectivity index (χ1n) is 23.3. The van der Waals surface area contributed by atoms with Crippen molar-refractivity contribution in [3.8, 4) is 16.9 Å². The molecule has 1 aromatic heterocycles. The SMILES string of the molecule is C1=CC(C2=CCC(N(C3=CC=CC4c5ccc6c(c5OC34)C3C=CC=CC3N6c3ccccc3)c3ccc(-c4cccc5c6c(sc45)CCC=C6)cc3)C=C2)C2Sc3ccccc3C2=C1. The Bertz CT molecular complexity index is 3250. The van der Waals surface area contributed by atoms with Crippen LogP contribution in [0.1, 0.15) is 51.8 Å². The highest BCUT2D eigenvalue weighted by Crippen LogP contribution is 2.58. The number of allylic oxidation sites excluding steroid dienone is 10. The highest BCUT2D eigenvalue weighted by molar-refractivity contribution is 8.01. The molecule has 314 valence electrons. The summed E-state index contributed by atoms with van der Waals surface area (Å²) in [6, 6.07) is 41.0. The fraction of sp³-hybridized carbons (Fsp3) is 0.167. The van der Waals surface area contributed by atoms with E-state index in [2.05, 4.69) is 210 Å². The van der Waals surface area contributed by atoms with Crippen molar-refractivity contribution in [2.24, 2.45) is 5.92 Å². The van der Waals surface area contributed by atoms with Gasteiger partial charge in [-0.2, -0.15) is 0 Å². The van der Waals surface area contributed by atoms with Crippen LogP contribution in [0.5, 0.6) is 5.75 Å². The third-order valence-corrected chi connectivity index (χ3v) is 17.7. The average Bonchev–Trinajstić information content (AvgIpc) is 4.14. The Morgan fingerprint density at radius 2 is 1.52 bits per heavy atom. The Morgan fingerprint density at radius 1 is 0.692 bits per heavy atom. The van der Waals surface area contributed by atoms with Crippen molar-refractivity contribution in [3.63, 3.8) is 0 Å². The van der Waals surface area contributed by atoms with E-state index in [0.29, 0.717) is 11.2 Å². The predicted octanol–water partition coefficient (Wildman–Crippen LogP) is 15.1. The third kappa shape index (κ3) is 5.88. The molecule has 5 aliphatic carbocycles. The highest BCUT2D eigenvalue weighted by atomic mass is 32.2. The summed E-state index contributed by atoms with van der Waals surface area (Å²) >= 11 is 4.00. The van der Waals surface area contributed by atoms with E-state index in [4.69, 9.17) is 4.74 Å². The van der Waals surface area contributed by atoms with Gasteiger partial charge in [-0.1, -0.05) is 158 Å². The lowest BCUT2D eigenvalue weighted by molar-refractivity contribution is 0.247. The minimum atomic E-state index is -0.158. The molecule has 14 rings (SSSR count). The first-order chi connectivity index (χ1) is 32.2. The molecule has 7 unspecified atom stereocenters. The standard InChI is InChI=1S/C60H46N2OS2/c1-2-13-39(14-3-1)62-51-23-7-4-17-50(51)56-52(62)36-35-47-46-20-12-24-53(57(46)63-58(47)56)61(40-31-27-37(28-32-40)42-18-10-21-48-44-15-5-8-25-54(44)64-59(42)48)41-33-29-38(30-34-41)43-19-11-22-49-45-16-6-9-26-55(45)65-60(43)49/h1-8,10-25,27-31,33-36,40,42,46,50-51,57,59H,9,26,32H2. The zero-order chi connectivity index (χ0) is 42.6. The van der Waals surface area contributed by atoms with Crippen molar-refractivity contribution in [1.82, 2.24) is 0 Å². The number of para-hydroxylation sites is 1. The van der Waals surface area contributed by atoms with Gasteiger partial charge in [-0.25, -0.2) is 0 Å². The van der Waals surface area contributed by atoms with Crippen LogP contribution in [0.25, 0.3) is 32.9 Å². The molecular weight excluding hydrogens is 829 g/mol. The molecule has 3 aliphatic heterocycles. The number of nitrogens with zero attached hydrogens (tertiary/aromatic N) is 2. The van der Waals surface area contributed by atoms with Crippen LogP contribution in [0.15, 0.2) is 210 Å². The molecule has 0 radical (unpaired) electrons. The van der Waals surface area contributed by atoms with Gasteiger partial charge < -0.3 is 14.5 Å². The van der Waals surface area contributed by atoms with Crippen LogP contribution in [0.3, 0.4) is 0 Å². The van der Waals surface area contributed by atoms with Gasteiger partial charge in [0, 0.05) is 71.1 Å². The van der Waals surface area contributed by atoms with Crippen molar-refractivity contribution < 1.29 is 4.74 Å². The molecule has 0 saturated carbocycles. The molecule has 0 fully saturated rings. The van der Waals surface area contributed by atoms with Crippen LogP contribution in [-0.2, 0) is 6.42 Å². The normalized spacial score (nSPS) is 25.8. The van der Waals surface area contributed by atoms with E-state index in [9.17, 15) is 0 Å². The second-order valence-electron chi connectivity index (χ2n) is 18.4. The summed E-state index contributed by atoms with van der Waals surface area (Å²) in [7, 11) is 0. The number of rotatable bonds is 6. The Kier molecular flexibility index (Phi) is 8.73. The lowest BCUT2D eigenvalue weighted by atomic mass is 9.82. The molecule has 6 aromatic rings. The van der Waals surface area contributed by atoms with Gasteiger partial charge in [0.2, 0.25) is 0 Å². The van der Waals surface area contributed by atoms with Crippen molar-refractivity contribution in [2.45, 2.75) is 59.4 Å². The molecule has 0 amide bonds. The molecule has 0 N–H and O–H groups in total. The first kappa shape index (κ1) is 37.8. The number of anilines is 3. The van der Waals surface area contributed by atoms with Crippen LogP contribution in [0.2, 0.25) is 0 Å². The highest BCUT2D eigenvalue weighted by Gasteiger charge is 2.47. The van der Waals surface area contributed by atoms with Gasteiger partial charge in [0.15, 0.2) is 0 Å². The smallest absolute Gasteiger partial charge is 0.149 e. The van der Waals surface area contributed by atoms with Gasteiger partial charge in [-0.3, -0.25) is 0 Å². The maximum Gasteiger partial charge on any atom is 0.149 e. The van der Waals surface area contributed by atoms with E-state index in [-0.39, 0.29) is 30.0 Å². The van der Waals surface area contributed by atoms with Gasteiger partial charge in [0.25, 0.3) is 0 Å². The van der Waals surface area contributed by atoms with E-state index in [1.807, 2.05) is 23.1 Å². The molecule has 4 heterocycles. The van der Waals surface area contributed by atoms with Crippen LogP contribution in [0, 0.1) is 5.92 Å². The number of aryl methyl sites for hydroxylation is 1. The van der Waals surface area contributed by atoms with Crippen LogP contribution in [0.4, 0.5) is 17.1 Å². The van der Waals surface area contributed by atoms with E-state index >= 15 is 0 Å². The van der Waals surface area contributed by atoms with Crippen LogP contribution >= 0.6 is 23.1 Å². The van der Waals surface area contributed by atoms with Crippen LogP contribution < -0.4 is 14.5 Å². The summed E-state index contributed by atoms with van der Waals surface area (Å²) < 4.78 is 8.85. The van der Waals surface area contributed by atoms with Crippen molar-refractivity contribution in [2.75, 3.05) is 9.80 Å². The second kappa shape index (κ2) is 15.0. The summed E-state index contributed by atoms with van der Waals surface area (Å²) in [4.78, 5) is 8.01. The zero-order valence-corrected chi connectivity index (χ0v) is 37.5. The van der Waals surface area contributed by atoms with Gasteiger partial charge >= 0.3 is 0 Å². The minimum absolute atomic E-state index is 0.109. The van der Waals surface area contributed by atoms with Gasteiger partial charge in [-0.15, -0.1) is 23.1 Å². The molecule has 0 spiro atoms. The fourth-order valence-corrected chi connectivity index (χ4v) is 14.8. The number of thiophene rings is 1. The number of thioether (sulfide) groups is 1. The van der Waals surface area contributed by atoms with E-state index in [1.165, 1.54) is 87.1 Å². The van der Waals surface area contributed by atoms with E-state index in [1.54, 1.807) is 0 Å². The maximum atomic E-state index is 7.46. The number of fused-ring (bicyclic) bond motifs is 13. The molecule has 0 bridgehead atoms. The van der Waals surface area contributed by atoms with Crippen molar-refractivity contribution >= 4 is 61.9 Å². The summed E-state index contributed by atoms with van der Waals surface area (Å²) in [5, 5.41) is 1.77. The van der Waals surface area contributed by atoms with E-state index in [0.717, 1.165) is 25.0 Å². The zero-order valence-electron chi connectivity index (χ0n) is 35.8. The third-order valence-electron chi connectivity index (χ3n) is 14.9. The summed E-state index contributed by atoms with van der Waals surface area (Å²) in [6.07, 6.45) is 38.3. The van der Waals surface area contributed by atoms with Crippen molar-refractivity contribution in [1.29, 1.82) is 0 Å². The lowest BCUT2D eigenvalue weighted by Crippen LogP contribution is -2.41. The molecule has 0 saturated heterocycles.